The molecular formula is C15H18ClN3O2. The third-order valence-electron chi connectivity index (χ3n) is 4.12. The molecule has 1 N–H and O–H groups in total. The molecular weight excluding hydrogens is 290 g/mol. The van der Waals surface area contributed by atoms with Crippen LogP contribution in [0.25, 0.3) is 5.65 Å². The van der Waals surface area contributed by atoms with Crippen molar-refractivity contribution in [1.82, 2.24) is 14.3 Å². The van der Waals surface area contributed by atoms with Gasteiger partial charge in [-0.1, -0.05) is 17.7 Å². The van der Waals surface area contributed by atoms with E-state index in [0.29, 0.717) is 24.4 Å². The average molecular weight is 308 g/mol. The van der Waals surface area contributed by atoms with Gasteiger partial charge in [0.1, 0.15) is 5.65 Å². The van der Waals surface area contributed by atoms with Crippen molar-refractivity contribution < 1.29 is 9.90 Å². The van der Waals surface area contributed by atoms with Crippen LogP contribution in [-0.2, 0) is 0 Å². The smallest absolute Gasteiger partial charge is 0.274 e. The van der Waals surface area contributed by atoms with E-state index in [1.165, 1.54) is 0 Å². The van der Waals surface area contributed by atoms with Crippen LogP contribution in [-0.4, -0.2) is 44.5 Å². The van der Waals surface area contributed by atoms with Gasteiger partial charge in [-0.05, 0) is 31.9 Å². The number of carbonyl (C=O) groups is 1. The second-order valence-electron chi connectivity index (χ2n) is 5.57. The number of aliphatic hydroxyl groups excluding tert-OH is 1. The fourth-order valence-electron chi connectivity index (χ4n) is 2.90. The monoisotopic (exact) mass is 307 g/mol. The predicted molar refractivity (Wildman–Crippen MR) is 80.5 cm³/mol. The molecule has 1 aliphatic rings. The lowest BCUT2D eigenvalue weighted by molar-refractivity contribution is 0.0461. The fourth-order valence-corrected chi connectivity index (χ4v) is 3.15. The lowest BCUT2D eigenvalue weighted by Crippen LogP contribution is -2.43. The number of fused-ring (bicyclic) bond motifs is 1. The molecule has 1 aliphatic heterocycles. The molecule has 2 unspecified atom stereocenters. The number of rotatable bonds is 2. The Kier molecular flexibility index (Phi) is 3.87. The van der Waals surface area contributed by atoms with Crippen LogP contribution in [0.3, 0.4) is 0 Å². The number of pyridine rings is 1. The summed E-state index contributed by atoms with van der Waals surface area (Å²) >= 11 is 6.15. The summed E-state index contributed by atoms with van der Waals surface area (Å²) in [6, 6.07) is 5.52. The summed E-state index contributed by atoms with van der Waals surface area (Å²) in [5.41, 5.74) is 1.06. The Morgan fingerprint density at radius 1 is 1.52 bits per heavy atom. The number of hydrogen-bond donors (Lipinski definition) is 1. The molecule has 1 saturated heterocycles. The molecule has 3 heterocycles. The zero-order valence-electron chi connectivity index (χ0n) is 11.9. The molecule has 6 heteroatoms. The van der Waals surface area contributed by atoms with Gasteiger partial charge in [-0.25, -0.2) is 4.98 Å². The maximum Gasteiger partial charge on any atom is 0.274 e. The minimum atomic E-state index is -0.404. The highest BCUT2D eigenvalue weighted by Gasteiger charge is 2.30. The van der Waals surface area contributed by atoms with E-state index in [9.17, 15) is 9.90 Å². The highest BCUT2D eigenvalue weighted by atomic mass is 35.5. The molecule has 2 aromatic rings. The summed E-state index contributed by atoms with van der Waals surface area (Å²) in [4.78, 5) is 18.7. The Bertz CT molecular complexity index is 668. The minimum Gasteiger partial charge on any atom is -0.393 e. The van der Waals surface area contributed by atoms with Crippen molar-refractivity contribution in [2.75, 3.05) is 13.1 Å². The van der Waals surface area contributed by atoms with Gasteiger partial charge in [-0.2, -0.15) is 0 Å². The highest BCUT2D eigenvalue weighted by Crippen LogP contribution is 2.24. The highest BCUT2D eigenvalue weighted by molar-refractivity contribution is 6.32. The summed E-state index contributed by atoms with van der Waals surface area (Å²) in [6.07, 6.45) is 3.23. The molecule has 112 valence electrons. The second-order valence-corrected chi connectivity index (χ2v) is 5.93. The van der Waals surface area contributed by atoms with E-state index >= 15 is 0 Å². The molecule has 0 bridgehead atoms. The van der Waals surface area contributed by atoms with Gasteiger partial charge in [0.15, 0.2) is 10.8 Å². The number of aliphatic hydroxyl groups is 1. The van der Waals surface area contributed by atoms with E-state index in [1.54, 1.807) is 22.4 Å². The minimum absolute atomic E-state index is 0.121. The third-order valence-corrected chi connectivity index (χ3v) is 4.38. The molecule has 0 aliphatic carbocycles. The Hall–Kier alpha value is -1.59. The Labute approximate surface area is 128 Å². The van der Waals surface area contributed by atoms with Crippen LogP contribution >= 0.6 is 11.6 Å². The van der Waals surface area contributed by atoms with Gasteiger partial charge < -0.3 is 10.0 Å². The van der Waals surface area contributed by atoms with E-state index in [4.69, 9.17) is 11.6 Å². The van der Waals surface area contributed by atoms with Crippen LogP contribution in [0, 0.1) is 5.92 Å². The summed E-state index contributed by atoms with van der Waals surface area (Å²) in [7, 11) is 0. The molecule has 1 amide bonds. The summed E-state index contributed by atoms with van der Waals surface area (Å²) in [5.74, 6) is 0.00436. The molecule has 2 atom stereocenters. The summed E-state index contributed by atoms with van der Waals surface area (Å²) in [5, 5.41) is 9.98. The molecule has 3 rings (SSSR count). The molecule has 0 saturated carbocycles. The Balaban J connectivity index is 1.92. The van der Waals surface area contributed by atoms with Crippen molar-refractivity contribution in [2.24, 2.45) is 5.92 Å². The van der Waals surface area contributed by atoms with Gasteiger partial charge in [-0.15, -0.1) is 0 Å². The number of piperidine rings is 1. The maximum absolute atomic E-state index is 12.8. The molecule has 0 aromatic carbocycles. The quantitative estimate of drug-likeness (QED) is 0.925. The van der Waals surface area contributed by atoms with Gasteiger partial charge in [0.2, 0.25) is 0 Å². The summed E-state index contributed by atoms with van der Waals surface area (Å²) in [6.45, 7) is 3.03. The topological polar surface area (TPSA) is 57.8 Å². The largest absolute Gasteiger partial charge is 0.393 e. The number of imidazole rings is 1. The van der Waals surface area contributed by atoms with Gasteiger partial charge >= 0.3 is 0 Å². The van der Waals surface area contributed by atoms with E-state index in [2.05, 4.69) is 4.98 Å². The third kappa shape index (κ3) is 2.63. The number of halogens is 1. The zero-order chi connectivity index (χ0) is 15.0. The average Bonchev–Trinajstić information content (AvgIpc) is 2.82. The van der Waals surface area contributed by atoms with E-state index in [1.807, 2.05) is 18.2 Å². The number of amides is 1. The van der Waals surface area contributed by atoms with E-state index < -0.39 is 6.10 Å². The zero-order valence-corrected chi connectivity index (χ0v) is 12.6. The number of likely N-dealkylation sites (tertiary alicyclic amines) is 1. The second kappa shape index (κ2) is 5.66. The summed E-state index contributed by atoms with van der Waals surface area (Å²) < 4.78 is 1.72. The molecule has 0 radical (unpaired) electrons. The molecule has 0 spiro atoms. The predicted octanol–water partition coefficient (Wildman–Crippen LogP) is 2.22. The van der Waals surface area contributed by atoms with Crippen molar-refractivity contribution in [2.45, 2.75) is 25.9 Å². The van der Waals surface area contributed by atoms with Crippen LogP contribution in [0.2, 0.25) is 5.15 Å². The standard InChI is InChI=1S/C15H18ClN3O2/c1-10(20)11-5-4-7-18(9-11)15(21)13-14(16)17-12-6-2-3-8-19(12)13/h2-3,6,8,10-11,20H,4-5,7,9H2,1H3. The van der Waals surface area contributed by atoms with Gasteiger partial charge in [-0.3, -0.25) is 9.20 Å². The van der Waals surface area contributed by atoms with Crippen molar-refractivity contribution in [3.05, 3.63) is 35.2 Å². The lowest BCUT2D eigenvalue weighted by Gasteiger charge is -2.34. The first kappa shape index (κ1) is 14.4. The van der Waals surface area contributed by atoms with Crippen LogP contribution in [0.4, 0.5) is 0 Å². The van der Waals surface area contributed by atoms with Crippen molar-refractivity contribution in [1.29, 1.82) is 0 Å². The molecule has 1 fully saturated rings. The van der Waals surface area contributed by atoms with Crippen molar-refractivity contribution >= 4 is 23.2 Å². The Morgan fingerprint density at radius 3 is 3.10 bits per heavy atom. The maximum atomic E-state index is 12.8. The van der Waals surface area contributed by atoms with Gasteiger partial charge in [0, 0.05) is 25.2 Å². The first-order valence-electron chi connectivity index (χ1n) is 7.18. The number of carbonyl (C=O) groups excluding carboxylic acids is 1. The van der Waals surface area contributed by atoms with E-state index in [-0.39, 0.29) is 17.0 Å². The SMILES string of the molecule is CC(O)C1CCCN(C(=O)c2c(Cl)nc3ccccn23)C1. The van der Waals surface area contributed by atoms with Crippen molar-refractivity contribution in [3.8, 4) is 0 Å². The molecule has 21 heavy (non-hydrogen) atoms. The molecule has 2 aromatic heterocycles. The van der Waals surface area contributed by atoms with Crippen molar-refractivity contribution in [3.63, 3.8) is 0 Å². The van der Waals surface area contributed by atoms with Crippen LogP contribution in [0.15, 0.2) is 24.4 Å². The normalized spacial score (nSPS) is 20.7. The van der Waals surface area contributed by atoms with Crippen LogP contribution in [0.5, 0.6) is 0 Å². The van der Waals surface area contributed by atoms with Gasteiger partial charge in [0.05, 0.1) is 6.10 Å². The van der Waals surface area contributed by atoms with Crippen LogP contribution in [0.1, 0.15) is 30.3 Å². The van der Waals surface area contributed by atoms with E-state index in [0.717, 1.165) is 12.8 Å². The molecule has 5 nitrogen and oxygen atoms in total. The first-order chi connectivity index (χ1) is 10.1. The first-order valence-corrected chi connectivity index (χ1v) is 7.55. The van der Waals surface area contributed by atoms with Crippen LogP contribution < -0.4 is 0 Å². The number of aromatic nitrogens is 2. The fraction of sp³-hybridized carbons (Fsp3) is 0.467. The van der Waals surface area contributed by atoms with Gasteiger partial charge in [0.25, 0.3) is 5.91 Å². The number of nitrogens with zero attached hydrogens (tertiary/aromatic N) is 3. The number of hydrogen-bond acceptors (Lipinski definition) is 3. The Morgan fingerprint density at radius 2 is 2.33 bits per heavy atom. The lowest BCUT2D eigenvalue weighted by atomic mass is 9.93.